The van der Waals surface area contributed by atoms with E-state index in [2.05, 4.69) is 0 Å². The lowest BCUT2D eigenvalue weighted by molar-refractivity contribution is -0.122. The van der Waals surface area contributed by atoms with Crippen LogP contribution in [-0.4, -0.2) is 41.6 Å². The molecule has 0 saturated carbocycles. The van der Waals surface area contributed by atoms with Crippen molar-refractivity contribution in [3.05, 3.63) is 17.9 Å². The van der Waals surface area contributed by atoms with Crippen LogP contribution >= 0.6 is 0 Å². The first-order chi connectivity index (χ1) is 9.67. The molecule has 1 aromatic rings. The van der Waals surface area contributed by atoms with Crippen LogP contribution in [0.15, 0.2) is 16.5 Å². The van der Waals surface area contributed by atoms with E-state index in [4.69, 9.17) is 9.15 Å². The van der Waals surface area contributed by atoms with Gasteiger partial charge in [-0.1, -0.05) is 0 Å². The lowest BCUT2D eigenvalue weighted by atomic mass is 10.2. The fourth-order valence-corrected chi connectivity index (χ4v) is 2.20. The Bertz CT molecular complexity index is 544. The van der Waals surface area contributed by atoms with Gasteiger partial charge in [-0.2, -0.15) is 0 Å². The summed E-state index contributed by atoms with van der Waals surface area (Å²) in [6, 6.07) is 3.44. The fourth-order valence-electron chi connectivity index (χ4n) is 2.20. The van der Waals surface area contributed by atoms with Gasteiger partial charge in [-0.3, -0.25) is 14.6 Å². The molecule has 1 aliphatic heterocycles. The first kappa shape index (κ1) is 15.4. The number of hydrogen-bond acceptors (Lipinski definition) is 4. The number of amides is 2. The lowest BCUT2D eigenvalue weighted by Crippen LogP contribution is -2.57. The van der Waals surface area contributed by atoms with E-state index >= 15 is 0 Å². The number of rotatable bonds is 1. The van der Waals surface area contributed by atoms with Crippen LogP contribution in [0.5, 0.6) is 0 Å². The van der Waals surface area contributed by atoms with Crippen LogP contribution in [0.4, 0.5) is 10.7 Å². The molecule has 1 aromatic heterocycles. The largest absolute Gasteiger partial charge is 0.445 e. The smallest absolute Gasteiger partial charge is 0.411 e. The maximum atomic E-state index is 12.2. The minimum atomic E-state index is -0.574. The third-order valence-electron chi connectivity index (χ3n) is 3.21. The van der Waals surface area contributed by atoms with Gasteiger partial charge in [0, 0.05) is 12.6 Å². The van der Waals surface area contributed by atoms with Crippen molar-refractivity contribution < 1.29 is 18.7 Å². The fraction of sp³-hybridized carbons (Fsp3) is 0.600. The number of ether oxygens (including phenoxy) is 1. The van der Waals surface area contributed by atoms with E-state index in [0.29, 0.717) is 12.4 Å². The van der Waals surface area contributed by atoms with E-state index in [0.717, 1.165) is 5.76 Å². The van der Waals surface area contributed by atoms with Crippen LogP contribution in [0.25, 0.3) is 0 Å². The molecular weight excluding hydrogens is 272 g/mol. The Morgan fingerprint density at radius 3 is 2.57 bits per heavy atom. The summed E-state index contributed by atoms with van der Waals surface area (Å²) in [5.41, 5.74) is -0.574. The molecule has 1 atom stereocenters. The van der Waals surface area contributed by atoms with Gasteiger partial charge in [0.05, 0.1) is 6.04 Å². The van der Waals surface area contributed by atoms with Crippen LogP contribution in [0, 0.1) is 6.92 Å². The zero-order valence-electron chi connectivity index (χ0n) is 13.2. The average Bonchev–Trinajstić information content (AvgIpc) is 2.76. The number of carbonyl (C=O) groups excluding carboxylic acids is 2. The minimum Gasteiger partial charge on any atom is -0.445 e. The number of piperazine rings is 1. The van der Waals surface area contributed by atoms with Gasteiger partial charge in [0.15, 0.2) is 0 Å². The zero-order chi connectivity index (χ0) is 15.8. The maximum Gasteiger partial charge on any atom is 0.411 e. The molecule has 116 valence electrons. The topological polar surface area (TPSA) is 63.0 Å². The van der Waals surface area contributed by atoms with E-state index in [1.807, 2.05) is 19.9 Å². The molecule has 1 unspecified atom stereocenters. The molecule has 2 heterocycles. The Kier molecular flexibility index (Phi) is 3.98. The molecule has 0 N–H and O–H groups in total. The number of hydrogen-bond donors (Lipinski definition) is 0. The summed E-state index contributed by atoms with van der Waals surface area (Å²) < 4.78 is 10.8. The van der Waals surface area contributed by atoms with E-state index in [1.54, 1.807) is 31.7 Å². The molecule has 21 heavy (non-hydrogen) atoms. The van der Waals surface area contributed by atoms with E-state index in [-0.39, 0.29) is 18.5 Å². The van der Waals surface area contributed by atoms with Crippen molar-refractivity contribution in [2.24, 2.45) is 0 Å². The summed E-state index contributed by atoms with van der Waals surface area (Å²) in [5, 5.41) is 0. The molecule has 1 fully saturated rings. The van der Waals surface area contributed by atoms with Crippen molar-refractivity contribution in [1.82, 2.24) is 4.90 Å². The Balaban J connectivity index is 2.08. The highest BCUT2D eigenvalue weighted by atomic mass is 16.6. The second kappa shape index (κ2) is 5.42. The summed E-state index contributed by atoms with van der Waals surface area (Å²) in [4.78, 5) is 27.4. The number of aryl methyl sites for hydroxylation is 1. The molecular formula is C15H22N2O4. The predicted octanol–water partition coefficient (Wildman–Crippen LogP) is 2.56. The molecule has 2 rings (SSSR count). The molecule has 6 heteroatoms. The van der Waals surface area contributed by atoms with Crippen molar-refractivity contribution in [2.75, 3.05) is 18.0 Å². The van der Waals surface area contributed by atoms with E-state index in [9.17, 15) is 9.59 Å². The standard InChI is InChI=1S/C15H22N2O4/c1-10-8-17(13-7-6-11(2)20-13)12(18)9-16(10)14(19)21-15(3,4)5/h6-7,10H,8-9H2,1-5H3. The Labute approximate surface area is 124 Å². The highest BCUT2D eigenvalue weighted by Gasteiger charge is 2.36. The Morgan fingerprint density at radius 2 is 2.05 bits per heavy atom. The van der Waals surface area contributed by atoms with Crippen LogP contribution in [0.3, 0.4) is 0 Å². The quantitative estimate of drug-likeness (QED) is 0.798. The molecule has 1 aliphatic rings. The molecule has 6 nitrogen and oxygen atoms in total. The predicted molar refractivity (Wildman–Crippen MR) is 78.2 cm³/mol. The molecule has 0 radical (unpaired) electrons. The lowest BCUT2D eigenvalue weighted by Gasteiger charge is -2.38. The number of furan rings is 1. The normalized spacial score (nSPS) is 19.9. The van der Waals surface area contributed by atoms with Crippen molar-refractivity contribution in [2.45, 2.75) is 46.3 Å². The number of anilines is 1. The van der Waals surface area contributed by atoms with Gasteiger partial charge in [0.25, 0.3) is 0 Å². The molecule has 0 aromatic carbocycles. The van der Waals surface area contributed by atoms with Gasteiger partial charge in [0.1, 0.15) is 17.9 Å². The zero-order valence-corrected chi connectivity index (χ0v) is 13.2. The van der Waals surface area contributed by atoms with Crippen molar-refractivity contribution >= 4 is 17.9 Å². The molecule has 0 spiro atoms. The first-order valence-electron chi connectivity index (χ1n) is 7.04. The van der Waals surface area contributed by atoms with Crippen molar-refractivity contribution in [3.8, 4) is 0 Å². The SMILES string of the molecule is Cc1ccc(N2CC(C)N(C(=O)OC(C)(C)C)CC2=O)o1. The molecule has 1 saturated heterocycles. The maximum absolute atomic E-state index is 12.2. The van der Waals surface area contributed by atoms with Crippen LogP contribution in [-0.2, 0) is 9.53 Å². The highest BCUT2D eigenvalue weighted by molar-refractivity contribution is 5.96. The van der Waals surface area contributed by atoms with Crippen LogP contribution in [0.2, 0.25) is 0 Å². The van der Waals surface area contributed by atoms with Gasteiger partial charge >= 0.3 is 6.09 Å². The summed E-state index contributed by atoms with van der Waals surface area (Å²) in [7, 11) is 0. The second-order valence-corrected chi connectivity index (χ2v) is 6.35. The summed E-state index contributed by atoms with van der Waals surface area (Å²) in [6.07, 6.45) is -0.460. The van der Waals surface area contributed by atoms with Crippen LogP contribution < -0.4 is 4.90 Å². The van der Waals surface area contributed by atoms with E-state index in [1.165, 1.54) is 4.90 Å². The average molecular weight is 294 g/mol. The Morgan fingerprint density at radius 1 is 1.38 bits per heavy atom. The molecule has 2 amide bonds. The van der Waals surface area contributed by atoms with Gasteiger partial charge in [-0.15, -0.1) is 0 Å². The van der Waals surface area contributed by atoms with Crippen molar-refractivity contribution in [1.29, 1.82) is 0 Å². The van der Waals surface area contributed by atoms with Gasteiger partial charge < -0.3 is 9.15 Å². The highest BCUT2D eigenvalue weighted by Crippen LogP contribution is 2.23. The second-order valence-electron chi connectivity index (χ2n) is 6.35. The third-order valence-corrected chi connectivity index (χ3v) is 3.21. The minimum absolute atomic E-state index is 0.00414. The summed E-state index contributed by atoms with van der Waals surface area (Å²) >= 11 is 0. The molecule has 0 bridgehead atoms. The van der Waals surface area contributed by atoms with Gasteiger partial charge in [-0.25, -0.2) is 4.79 Å². The number of nitrogens with zero attached hydrogens (tertiary/aromatic N) is 2. The molecule has 0 aliphatic carbocycles. The Hall–Kier alpha value is -1.98. The summed E-state index contributed by atoms with van der Waals surface area (Å²) in [6.45, 7) is 9.52. The monoisotopic (exact) mass is 294 g/mol. The first-order valence-corrected chi connectivity index (χ1v) is 7.04. The van der Waals surface area contributed by atoms with Crippen molar-refractivity contribution in [3.63, 3.8) is 0 Å². The third kappa shape index (κ3) is 3.56. The van der Waals surface area contributed by atoms with Gasteiger partial charge in [0.2, 0.25) is 11.8 Å². The van der Waals surface area contributed by atoms with Gasteiger partial charge in [-0.05, 0) is 40.7 Å². The van der Waals surface area contributed by atoms with Crippen LogP contribution in [0.1, 0.15) is 33.5 Å². The number of carbonyl (C=O) groups is 2. The summed E-state index contributed by atoms with van der Waals surface area (Å²) in [5.74, 6) is 1.10. The van der Waals surface area contributed by atoms with E-state index < -0.39 is 11.7 Å².